The second kappa shape index (κ2) is 8.55. The lowest BCUT2D eigenvalue weighted by molar-refractivity contribution is -0.120. The van der Waals surface area contributed by atoms with Crippen LogP contribution < -0.4 is 19.9 Å². The number of hydrogen-bond acceptors (Lipinski definition) is 5. The molecule has 0 aromatic heterocycles. The summed E-state index contributed by atoms with van der Waals surface area (Å²) < 4.78 is 18.6. The number of rotatable bonds is 6. The fraction of sp³-hybridized carbons (Fsp3) is 0.120. The smallest absolute Gasteiger partial charge is 0.282 e. The molecule has 7 heteroatoms. The zero-order valence-corrected chi connectivity index (χ0v) is 17.9. The van der Waals surface area contributed by atoms with E-state index in [4.69, 9.17) is 4.74 Å². The maximum absolute atomic E-state index is 13.5. The Kier molecular flexibility index (Phi) is 5.64. The van der Waals surface area contributed by atoms with Gasteiger partial charge in [-0.25, -0.2) is 9.29 Å². The highest BCUT2D eigenvalue weighted by atomic mass is 19.1. The zero-order valence-electron chi connectivity index (χ0n) is 17.9. The van der Waals surface area contributed by atoms with E-state index in [0.717, 1.165) is 10.6 Å². The minimum absolute atomic E-state index is 0.127. The van der Waals surface area contributed by atoms with Crippen LogP contribution in [-0.2, 0) is 9.59 Å². The SMILES string of the molecule is COc1ccc(C2=C(Nc3ccc(F)cc3)C(=O)N(c3cccc(N(C)C)c3)C2=O)cc1. The number of nitrogens with zero attached hydrogens (tertiary/aromatic N) is 2. The summed E-state index contributed by atoms with van der Waals surface area (Å²) >= 11 is 0. The van der Waals surface area contributed by atoms with Crippen LogP contribution in [0.1, 0.15) is 5.56 Å². The van der Waals surface area contributed by atoms with Crippen LogP contribution in [0, 0.1) is 5.82 Å². The number of carbonyl (C=O) groups excluding carboxylic acids is 2. The Bertz CT molecular complexity index is 1200. The molecule has 162 valence electrons. The third kappa shape index (κ3) is 3.92. The summed E-state index contributed by atoms with van der Waals surface area (Å²) in [4.78, 5) is 30.0. The number of carbonyl (C=O) groups is 2. The van der Waals surface area contributed by atoms with Crippen LogP contribution >= 0.6 is 0 Å². The van der Waals surface area contributed by atoms with Crippen molar-refractivity contribution in [1.29, 1.82) is 0 Å². The second-order valence-electron chi connectivity index (χ2n) is 7.47. The Labute approximate surface area is 185 Å². The van der Waals surface area contributed by atoms with Gasteiger partial charge in [-0.05, 0) is 60.2 Å². The Hall–Kier alpha value is -4.13. The zero-order chi connectivity index (χ0) is 22.8. The fourth-order valence-corrected chi connectivity index (χ4v) is 3.49. The first kappa shape index (κ1) is 21.1. The average Bonchev–Trinajstić information content (AvgIpc) is 3.04. The highest BCUT2D eigenvalue weighted by molar-refractivity contribution is 6.46. The van der Waals surface area contributed by atoms with Gasteiger partial charge in [0.05, 0.1) is 18.4 Å². The number of nitrogens with one attached hydrogen (secondary N) is 1. The molecule has 0 spiro atoms. The van der Waals surface area contributed by atoms with E-state index in [1.807, 2.05) is 25.1 Å². The van der Waals surface area contributed by atoms with Crippen molar-refractivity contribution in [2.45, 2.75) is 0 Å². The summed E-state index contributed by atoms with van der Waals surface area (Å²) in [6, 6.07) is 19.7. The molecule has 1 heterocycles. The number of anilines is 3. The highest BCUT2D eigenvalue weighted by Gasteiger charge is 2.40. The van der Waals surface area contributed by atoms with Crippen LogP contribution in [0.25, 0.3) is 5.57 Å². The van der Waals surface area contributed by atoms with Gasteiger partial charge in [0.2, 0.25) is 0 Å². The predicted molar refractivity (Wildman–Crippen MR) is 123 cm³/mol. The standard InChI is InChI=1S/C25H22FN3O3/c1-28(2)19-5-4-6-20(15-19)29-24(30)22(16-7-13-21(32-3)14-8-16)23(25(29)31)27-18-11-9-17(26)10-12-18/h4-15,27H,1-3H3. The Morgan fingerprint density at radius 2 is 1.59 bits per heavy atom. The van der Waals surface area contributed by atoms with Crippen molar-refractivity contribution in [3.05, 3.63) is 89.9 Å². The summed E-state index contributed by atoms with van der Waals surface area (Å²) in [5.74, 6) is -0.688. The normalized spacial score (nSPS) is 13.6. The minimum Gasteiger partial charge on any atom is -0.497 e. The van der Waals surface area contributed by atoms with Crippen molar-refractivity contribution in [3.8, 4) is 5.75 Å². The summed E-state index contributed by atoms with van der Waals surface area (Å²) in [5, 5.41) is 3.02. The molecule has 6 nitrogen and oxygen atoms in total. The predicted octanol–water partition coefficient (Wildman–Crippen LogP) is 4.30. The lowest BCUT2D eigenvalue weighted by Crippen LogP contribution is -2.32. The third-order valence-electron chi connectivity index (χ3n) is 5.18. The molecule has 0 unspecified atom stereocenters. The van der Waals surface area contributed by atoms with E-state index in [2.05, 4.69) is 5.32 Å². The molecule has 2 amide bonds. The minimum atomic E-state index is -0.485. The van der Waals surface area contributed by atoms with Gasteiger partial charge in [-0.2, -0.15) is 0 Å². The third-order valence-corrected chi connectivity index (χ3v) is 5.18. The number of amides is 2. The van der Waals surface area contributed by atoms with Crippen LogP contribution in [0.4, 0.5) is 21.5 Å². The molecule has 0 fully saturated rings. The molecular weight excluding hydrogens is 409 g/mol. The van der Waals surface area contributed by atoms with Gasteiger partial charge in [-0.3, -0.25) is 9.59 Å². The van der Waals surface area contributed by atoms with Crippen molar-refractivity contribution in [1.82, 2.24) is 0 Å². The molecule has 1 N–H and O–H groups in total. The summed E-state index contributed by atoms with van der Waals surface area (Å²) in [6.07, 6.45) is 0. The van der Waals surface area contributed by atoms with Gasteiger partial charge >= 0.3 is 0 Å². The number of ether oxygens (including phenoxy) is 1. The van der Waals surface area contributed by atoms with E-state index >= 15 is 0 Å². The molecule has 32 heavy (non-hydrogen) atoms. The number of imide groups is 1. The molecule has 0 radical (unpaired) electrons. The van der Waals surface area contributed by atoms with E-state index in [9.17, 15) is 14.0 Å². The van der Waals surface area contributed by atoms with Crippen molar-refractivity contribution in [2.24, 2.45) is 0 Å². The first-order chi connectivity index (χ1) is 15.4. The fourth-order valence-electron chi connectivity index (χ4n) is 3.49. The average molecular weight is 431 g/mol. The number of hydrogen-bond donors (Lipinski definition) is 1. The van der Waals surface area contributed by atoms with Crippen LogP contribution in [0.2, 0.25) is 0 Å². The number of methoxy groups -OCH3 is 1. The molecule has 0 saturated heterocycles. The molecule has 0 saturated carbocycles. The van der Waals surface area contributed by atoms with Gasteiger partial charge in [0.1, 0.15) is 17.3 Å². The van der Waals surface area contributed by atoms with Crippen LogP contribution in [0.15, 0.2) is 78.5 Å². The van der Waals surface area contributed by atoms with Crippen LogP contribution in [-0.4, -0.2) is 33.0 Å². The maximum atomic E-state index is 13.5. The Morgan fingerprint density at radius 3 is 2.22 bits per heavy atom. The topological polar surface area (TPSA) is 61.9 Å². The second-order valence-corrected chi connectivity index (χ2v) is 7.47. The molecule has 1 aliphatic heterocycles. The molecule has 1 aliphatic rings. The van der Waals surface area contributed by atoms with Gasteiger partial charge < -0.3 is 15.0 Å². The molecule has 4 rings (SSSR count). The molecule has 3 aromatic carbocycles. The summed E-state index contributed by atoms with van der Waals surface area (Å²) in [5.41, 5.74) is 2.75. The number of halogens is 1. The summed E-state index contributed by atoms with van der Waals surface area (Å²) in [7, 11) is 5.32. The highest BCUT2D eigenvalue weighted by Crippen LogP contribution is 2.35. The van der Waals surface area contributed by atoms with E-state index in [0.29, 0.717) is 22.7 Å². The van der Waals surface area contributed by atoms with E-state index in [-0.39, 0.29) is 11.3 Å². The molecular formula is C25H22FN3O3. The van der Waals surface area contributed by atoms with Gasteiger partial charge in [0.15, 0.2) is 0 Å². The number of benzene rings is 3. The quantitative estimate of drug-likeness (QED) is 0.590. The van der Waals surface area contributed by atoms with Crippen molar-refractivity contribution in [3.63, 3.8) is 0 Å². The molecule has 0 atom stereocenters. The van der Waals surface area contributed by atoms with E-state index in [1.54, 1.807) is 49.6 Å². The maximum Gasteiger partial charge on any atom is 0.282 e. The van der Waals surface area contributed by atoms with Gasteiger partial charge in [-0.15, -0.1) is 0 Å². The van der Waals surface area contributed by atoms with Gasteiger partial charge in [0, 0.05) is 25.5 Å². The van der Waals surface area contributed by atoms with E-state index in [1.165, 1.54) is 24.3 Å². The monoisotopic (exact) mass is 431 g/mol. The molecule has 0 aliphatic carbocycles. The first-order valence-electron chi connectivity index (χ1n) is 9.96. The lowest BCUT2D eigenvalue weighted by atomic mass is 10.0. The van der Waals surface area contributed by atoms with E-state index < -0.39 is 17.6 Å². The molecule has 3 aromatic rings. The summed E-state index contributed by atoms with van der Waals surface area (Å²) in [6.45, 7) is 0. The van der Waals surface area contributed by atoms with Crippen molar-refractivity contribution < 1.29 is 18.7 Å². The van der Waals surface area contributed by atoms with Crippen molar-refractivity contribution in [2.75, 3.05) is 36.3 Å². The van der Waals surface area contributed by atoms with Gasteiger partial charge in [0.25, 0.3) is 11.8 Å². The van der Waals surface area contributed by atoms with Gasteiger partial charge in [-0.1, -0.05) is 18.2 Å². The Balaban J connectivity index is 1.80. The first-order valence-corrected chi connectivity index (χ1v) is 9.96. The molecule has 0 bridgehead atoms. The largest absolute Gasteiger partial charge is 0.497 e. The lowest BCUT2D eigenvalue weighted by Gasteiger charge is -2.19. The van der Waals surface area contributed by atoms with Crippen molar-refractivity contribution >= 4 is 34.4 Å². The van der Waals surface area contributed by atoms with Crippen LogP contribution in [0.5, 0.6) is 5.75 Å². The Morgan fingerprint density at radius 1 is 0.906 bits per heavy atom. The van der Waals surface area contributed by atoms with Crippen LogP contribution in [0.3, 0.4) is 0 Å².